The zero-order chi connectivity index (χ0) is 12.4. The summed E-state index contributed by atoms with van der Waals surface area (Å²) in [6.45, 7) is 3.43. The lowest BCUT2D eigenvalue weighted by atomic mass is 10.2. The lowest BCUT2D eigenvalue weighted by Crippen LogP contribution is -2.14. The van der Waals surface area contributed by atoms with Crippen LogP contribution in [0.4, 0.5) is 5.82 Å². The van der Waals surface area contributed by atoms with Crippen LogP contribution in [0.2, 0.25) is 0 Å². The minimum absolute atomic E-state index is 0.255. The number of amides is 1. The molecule has 6 heteroatoms. The van der Waals surface area contributed by atoms with Crippen LogP contribution in [0.5, 0.6) is 0 Å². The fraction of sp³-hybridized carbons (Fsp3) is 0.182. The van der Waals surface area contributed by atoms with Gasteiger partial charge in [0.25, 0.3) is 5.91 Å². The summed E-state index contributed by atoms with van der Waals surface area (Å²) in [6.07, 6.45) is 1.68. The number of hydrogen-bond donors (Lipinski definition) is 1. The van der Waals surface area contributed by atoms with E-state index in [4.69, 9.17) is 4.52 Å². The third-order valence-electron chi connectivity index (χ3n) is 2.23. The standard InChI is InChI=1S/C11H10IN3O2/c1-6-10(7(2)17-15-6)11(16)14-9-4-3-8(12)5-13-9/h3-5H,1-2H3,(H,13,14,16). The van der Waals surface area contributed by atoms with Gasteiger partial charge in [0.05, 0.1) is 5.69 Å². The Kier molecular flexibility index (Phi) is 3.41. The third-order valence-corrected chi connectivity index (χ3v) is 2.87. The highest BCUT2D eigenvalue weighted by molar-refractivity contribution is 14.1. The minimum atomic E-state index is -0.255. The summed E-state index contributed by atoms with van der Waals surface area (Å²) in [7, 11) is 0. The SMILES string of the molecule is Cc1noc(C)c1C(=O)Nc1ccc(I)cn1. The molecule has 0 aromatic carbocycles. The van der Waals surface area contributed by atoms with Crippen molar-refractivity contribution in [2.75, 3.05) is 5.32 Å². The number of carbonyl (C=O) groups excluding carboxylic acids is 1. The molecule has 1 N–H and O–H groups in total. The summed E-state index contributed by atoms with van der Waals surface area (Å²) < 4.78 is 5.95. The van der Waals surface area contributed by atoms with Crippen LogP contribution in [0.3, 0.4) is 0 Å². The molecule has 2 rings (SSSR count). The molecule has 0 saturated carbocycles. The van der Waals surface area contributed by atoms with Crippen molar-refractivity contribution in [3.63, 3.8) is 0 Å². The number of carbonyl (C=O) groups is 1. The summed E-state index contributed by atoms with van der Waals surface area (Å²) in [6, 6.07) is 3.62. The Morgan fingerprint density at radius 3 is 2.71 bits per heavy atom. The number of anilines is 1. The first-order chi connectivity index (χ1) is 8.08. The third kappa shape index (κ3) is 2.63. The van der Waals surface area contributed by atoms with E-state index in [2.05, 4.69) is 38.0 Å². The van der Waals surface area contributed by atoms with Gasteiger partial charge in [-0.15, -0.1) is 0 Å². The highest BCUT2D eigenvalue weighted by Gasteiger charge is 2.17. The molecule has 0 saturated heterocycles. The smallest absolute Gasteiger partial charge is 0.262 e. The Bertz CT molecular complexity index is 529. The van der Waals surface area contributed by atoms with Crippen LogP contribution in [0, 0.1) is 17.4 Å². The lowest BCUT2D eigenvalue weighted by molar-refractivity contribution is 0.102. The first kappa shape index (κ1) is 12.0. The highest BCUT2D eigenvalue weighted by Crippen LogP contribution is 2.14. The Balaban J connectivity index is 2.20. The molecule has 2 aromatic rings. The molecule has 0 aliphatic heterocycles. The van der Waals surface area contributed by atoms with Crippen LogP contribution >= 0.6 is 22.6 Å². The van der Waals surface area contributed by atoms with E-state index in [1.54, 1.807) is 26.1 Å². The van der Waals surface area contributed by atoms with Crippen molar-refractivity contribution in [1.82, 2.24) is 10.1 Å². The quantitative estimate of drug-likeness (QED) is 0.851. The Morgan fingerprint density at radius 1 is 1.41 bits per heavy atom. The van der Waals surface area contributed by atoms with Gasteiger partial charge in [-0.3, -0.25) is 4.79 Å². The molecule has 5 nitrogen and oxygen atoms in total. The minimum Gasteiger partial charge on any atom is -0.361 e. The Morgan fingerprint density at radius 2 is 2.18 bits per heavy atom. The average molecular weight is 343 g/mol. The van der Waals surface area contributed by atoms with Crippen molar-refractivity contribution in [1.29, 1.82) is 0 Å². The first-order valence-corrected chi connectivity index (χ1v) is 6.01. The molecule has 17 heavy (non-hydrogen) atoms. The van der Waals surface area contributed by atoms with E-state index in [0.29, 0.717) is 22.8 Å². The van der Waals surface area contributed by atoms with E-state index in [-0.39, 0.29) is 5.91 Å². The molecule has 0 atom stereocenters. The van der Waals surface area contributed by atoms with Gasteiger partial charge in [0, 0.05) is 9.77 Å². The molecular formula is C11H10IN3O2. The van der Waals surface area contributed by atoms with E-state index in [0.717, 1.165) is 3.57 Å². The van der Waals surface area contributed by atoms with Crippen molar-refractivity contribution in [3.05, 3.63) is 38.9 Å². The highest BCUT2D eigenvalue weighted by atomic mass is 127. The van der Waals surface area contributed by atoms with Crippen molar-refractivity contribution in [2.45, 2.75) is 13.8 Å². The monoisotopic (exact) mass is 343 g/mol. The molecule has 88 valence electrons. The first-order valence-electron chi connectivity index (χ1n) is 4.93. The van der Waals surface area contributed by atoms with Crippen LogP contribution in [-0.4, -0.2) is 16.0 Å². The number of aryl methyl sites for hydroxylation is 2. The van der Waals surface area contributed by atoms with E-state index in [1.807, 2.05) is 6.07 Å². The molecular weight excluding hydrogens is 333 g/mol. The van der Waals surface area contributed by atoms with Gasteiger partial charge in [0.15, 0.2) is 0 Å². The second-order valence-corrected chi connectivity index (χ2v) is 4.76. The van der Waals surface area contributed by atoms with E-state index in [1.165, 1.54) is 0 Å². The summed E-state index contributed by atoms with van der Waals surface area (Å²) in [5, 5.41) is 6.44. The largest absolute Gasteiger partial charge is 0.361 e. The van der Waals surface area contributed by atoms with Crippen molar-refractivity contribution in [2.24, 2.45) is 0 Å². The van der Waals surface area contributed by atoms with Crippen LogP contribution in [0.25, 0.3) is 0 Å². The maximum Gasteiger partial charge on any atom is 0.262 e. The average Bonchev–Trinajstić information content (AvgIpc) is 2.62. The van der Waals surface area contributed by atoms with Crippen LogP contribution in [0.1, 0.15) is 21.8 Å². The van der Waals surface area contributed by atoms with Gasteiger partial charge >= 0.3 is 0 Å². The maximum atomic E-state index is 11.9. The molecule has 0 unspecified atom stereocenters. The van der Waals surface area contributed by atoms with Crippen molar-refractivity contribution in [3.8, 4) is 0 Å². The molecule has 2 heterocycles. The van der Waals surface area contributed by atoms with E-state index >= 15 is 0 Å². The van der Waals surface area contributed by atoms with Gasteiger partial charge < -0.3 is 9.84 Å². The molecule has 0 aliphatic rings. The zero-order valence-electron chi connectivity index (χ0n) is 9.32. The number of halogens is 1. The van der Waals surface area contributed by atoms with Crippen LogP contribution in [-0.2, 0) is 0 Å². The van der Waals surface area contributed by atoms with Gasteiger partial charge in [0.1, 0.15) is 17.1 Å². The summed E-state index contributed by atoms with van der Waals surface area (Å²) in [5.74, 6) is 0.760. The number of rotatable bonds is 2. The molecule has 0 aliphatic carbocycles. The fourth-order valence-electron chi connectivity index (χ4n) is 1.44. The predicted molar refractivity (Wildman–Crippen MR) is 70.9 cm³/mol. The second kappa shape index (κ2) is 4.82. The van der Waals surface area contributed by atoms with Gasteiger partial charge in [-0.05, 0) is 48.6 Å². The molecule has 0 spiro atoms. The number of aromatic nitrogens is 2. The summed E-state index contributed by atoms with van der Waals surface area (Å²) >= 11 is 2.15. The topological polar surface area (TPSA) is 68.0 Å². The maximum absolute atomic E-state index is 11.9. The predicted octanol–water partition coefficient (Wildman–Crippen LogP) is 2.54. The van der Waals surface area contributed by atoms with Gasteiger partial charge in [0.2, 0.25) is 0 Å². The van der Waals surface area contributed by atoms with Gasteiger partial charge in [-0.2, -0.15) is 0 Å². The van der Waals surface area contributed by atoms with E-state index in [9.17, 15) is 4.79 Å². The number of hydrogen-bond acceptors (Lipinski definition) is 4. The van der Waals surface area contributed by atoms with Crippen LogP contribution < -0.4 is 5.32 Å². The molecule has 0 fully saturated rings. The van der Waals surface area contributed by atoms with Gasteiger partial charge in [-0.1, -0.05) is 5.16 Å². The molecule has 1 amide bonds. The van der Waals surface area contributed by atoms with Crippen LogP contribution in [0.15, 0.2) is 22.9 Å². The zero-order valence-corrected chi connectivity index (χ0v) is 11.5. The van der Waals surface area contributed by atoms with Crippen molar-refractivity contribution < 1.29 is 9.32 Å². The van der Waals surface area contributed by atoms with Gasteiger partial charge in [-0.25, -0.2) is 4.98 Å². The Hall–Kier alpha value is -1.44. The summed E-state index contributed by atoms with van der Waals surface area (Å²) in [4.78, 5) is 16.0. The molecule has 0 bridgehead atoms. The van der Waals surface area contributed by atoms with E-state index < -0.39 is 0 Å². The molecule has 2 aromatic heterocycles. The number of nitrogens with zero attached hydrogens (tertiary/aromatic N) is 2. The number of pyridine rings is 1. The Labute approximate surface area is 112 Å². The fourth-order valence-corrected chi connectivity index (χ4v) is 1.75. The molecule has 0 radical (unpaired) electrons. The van der Waals surface area contributed by atoms with Crippen molar-refractivity contribution >= 4 is 34.3 Å². The lowest BCUT2D eigenvalue weighted by Gasteiger charge is -2.03. The second-order valence-electron chi connectivity index (χ2n) is 3.51. The number of nitrogens with one attached hydrogen (secondary N) is 1. The summed E-state index contributed by atoms with van der Waals surface area (Å²) in [5.41, 5.74) is 1.04. The normalized spacial score (nSPS) is 10.3.